The fourth-order valence-corrected chi connectivity index (χ4v) is 1.49. The van der Waals surface area contributed by atoms with Crippen LogP contribution in [-0.4, -0.2) is 36.6 Å². The Morgan fingerprint density at radius 1 is 1.50 bits per heavy atom. The van der Waals surface area contributed by atoms with E-state index in [1.807, 2.05) is 0 Å². The van der Waals surface area contributed by atoms with Gasteiger partial charge in [-0.05, 0) is 12.5 Å². The van der Waals surface area contributed by atoms with Crippen molar-refractivity contribution >= 4 is 5.91 Å². The van der Waals surface area contributed by atoms with E-state index < -0.39 is 12.6 Å². The smallest absolute Gasteiger partial charge is 0.342 e. The maximum Gasteiger partial charge on any atom is 0.390 e. The summed E-state index contributed by atoms with van der Waals surface area (Å²) in [5.74, 6) is -0.194. The summed E-state index contributed by atoms with van der Waals surface area (Å²) in [5.41, 5.74) is 5.34. The molecule has 0 saturated carbocycles. The van der Waals surface area contributed by atoms with Crippen LogP contribution in [0.3, 0.4) is 0 Å². The number of hydrogen-bond donors (Lipinski definition) is 1. The lowest BCUT2D eigenvalue weighted by Gasteiger charge is -2.17. The average molecular weight is 210 g/mol. The van der Waals surface area contributed by atoms with E-state index >= 15 is 0 Å². The second-order valence-electron chi connectivity index (χ2n) is 3.51. The molecule has 0 aromatic heterocycles. The summed E-state index contributed by atoms with van der Waals surface area (Å²) < 4.78 is 35.6. The normalized spacial score (nSPS) is 23.3. The van der Waals surface area contributed by atoms with Gasteiger partial charge in [0.15, 0.2) is 0 Å². The predicted molar refractivity (Wildman–Crippen MR) is 44.4 cm³/mol. The van der Waals surface area contributed by atoms with Gasteiger partial charge < -0.3 is 10.6 Å². The van der Waals surface area contributed by atoms with Gasteiger partial charge in [-0.25, -0.2) is 0 Å². The van der Waals surface area contributed by atoms with E-state index in [0.29, 0.717) is 13.1 Å². The van der Waals surface area contributed by atoms with E-state index in [9.17, 15) is 18.0 Å². The summed E-state index contributed by atoms with van der Waals surface area (Å²) in [6.45, 7) is 0.485. The van der Waals surface area contributed by atoms with Crippen molar-refractivity contribution < 1.29 is 18.0 Å². The van der Waals surface area contributed by atoms with Crippen LogP contribution in [0.1, 0.15) is 12.8 Å². The molecular formula is C8H13F3N2O. The van der Waals surface area contributed by atoms with Gasteiger partial charge in [0.25, 0.3) is 0 Å². The lowest BCUT2D eigenvalue weighted by atomic mass is 10.1. The number of nitrogens with two attached hydrogens (primary N) is 1. The van der Waals surface area contributed by atoms with Crippen LogP contribution < -0.4 is 5.73 Å². The minimum absolute atomic E-state index is 0.0238. The van der Waals surface area contributed by atoms with E-state index in [1.54, 1.807) is 0 Å². The molecule has 1 aliphatic rings. The first kappa shape index (κ1) is 11.3. The molecule has 82 valence electrons. The molecule has 1 fully saturated rings. The lowest BCUT2D eigenvalue weighted by molar-refractivity contribution is -0.143. The van der Waals surface area contributed by atoms with Crippen molar-refractivity contribution in [3.8, 4) is 0 Å². The molecule has 1 aliphatic heterocycles. The van der Waals surface area contributed by atoms with Crippen LogP contribution in [0.25, 0.3) is 0 Å². The molecule has 1 unspecified atom stereocenters. The van der Waals surface area contributed by atoms with Crippen LogP contribution in [0.4, 0.5) is 13.2 Å². The third-order valence-corrected chi connectivity index (χ3v) is 2.29. The maximum atomic E-state index is 11.9. The van der Waals surface area contributed by atoms with Crippen LogP contribution >= 0.6 is 0 Å². The van der Waals surface area contributed by atoms with Gasteiger partial charge in [-0.2, -0.15) is 13.2 Å². The summed E-state index contributed by atoms with van der Waals surface area (Å²) in [7, 11) is 0. The number of rotatable bonds is 3. The average Bonchev–Trinajstić information content (AvgIpc) is 2.42. The molecule has 2 N–H and O–H groups in total. The summed E-state index contributed by atoms with van der Waals surface area (Å²) >= 11 is 0. The van der Waals surface area contributed by atoms with Gasteiger partial charge in [-0.15, -0.1) is 0 Å². The quantitative estimate of drug-likeness (QED) is 0.747. The number of amides is 1. The van der Waals surface area contributed by atoms with Crippen LogP contribution in [0.2, 0.25) is 0 Å². The molecular weight excluding hydrogens is 197 g/mol. The summed E-state index contributed by atoms with van der Waals surface area (Å²) in [5, 5.41) is 0. The van der Waals surface area contributed by atoms with Crippen molar-refractivity contribution in [2.45, 2.75) is 19.0 Å². The van der Waals surface area contributed by atoms with Gasteiger partial charge in [0, 0.05) is 19.5 Å². The number of carbonyl (C=O) groups is 1. The topological polar surface area (TPSA) is 46.3 Å². The number of alkyl halides is 3. The zero-order valence-electron chi connectivity index (χ0n) is 7.68. The fourth-order valence-electron chi connectivity index (χ4n) is 1.49. The second kappa shape index (κ2) is 4.16. The zero-order chi connectivity index (χ0) is 10.8. The van der Waals surface area contributed by atoms with Crippen molar-refractivity contribution in [1.29, 1.82) is 0 Å². The monoisotopic (exact) mass is 210 g/mol. The zero-order valence-corrected chi connectivity index (χ0v) is 7.68. The molecule has 0 aromatic carbocycles. The van der Waals surface area contributed by atoms with E-state index in [2.05, 4.69) is 0 Å². The van der Waals surface area contributed by atoms with Gasteiger partial charge in [0.05, 0.1) is 6.42 Å². The van der Waals surface area contributed by atoms with Crippen LogP contribution in [0.15, 0.2) is 0 Å². The summed E-state index contributed by atoms with van der Waals surface area (Å²) in [6.07, 6.45) is -4.84. The van der Waals surface area contributed by atoms with E-state index in [1.165, 1.54) is 4.90 Å². The number of nitrogens with zero attached hydrogens (tertiary/aromatic N) is 1. The van der Waals surface area contributed by atoms with Crippen molar-refractivity contribution in [3.63, 3.8) is 0 Å². The molecule has 1 rings (SSSR count). The highest BCUT2D eigenvalue weighted by Gasteiger charge is 2.33. The highest BCUT2D eigenvalue weighted by atomic mass is 19.4. The number of likely N-dealkylation sites (tertiary alicyclic amines) is 1. The standard InChI is InChI=1S/C8H13F3N2O/c9-8(10,11)1-2-13-5-6(4-12)3-7(13)14/h6H,1-5,12H2. The van der Waals surface area contributed by atoms with Crippen molar-refractivity contribution in [1.82, 2.24) is 4.90 Å². The Hall–Kier alpha value is -0.780. The van der Waals surface area contributed by atoms with E-state index in [0.717, 1.165) is 0 Å². The molecule has 0 aliphatic carbocycles. The molecule has 6 heteroatoms. The first-order valence-corrected chi connectivity index (χ1v) is 4.47. The van der Waals surface area contributed by atoms with Gasteiger partial charge in [-0.3, -0.25) is 4.79 Å². The molecule has 1 saturated heterocycles. The largest absolute Gasteiger partial charge is 0.390 e. The van der Waals surface area contributed by atoms with Crippen LogP contribution in [-0.2, 0) is 4.79 Å². The lowest BCUT2D eigenvalue weighted by Crippen LogP contribution is -2.30. The van der Waals surface area contributed by atoms with Crippen molar-refractivity contribution in [3.05, 3.63) is 0 Å². The fraction of sp³-hybridized carbons (Fsp3) is 0.875. The molecule has 0 aromatic rings. The van der Waals surface area contributed by atoms with Gasteiger partial charge in [0.2, 0.25) is 5.91 Å². The first-order chi connectivity index (χ1) is 6.42. The van der Waals surface area contributed by atoms with E-state index in [4.69, 9.17) is 5.73 Å². The number of halogens is 3. The number of hydrogen-bond acceptors (Lipinski definition) is 2. The molecule has 1 amide bonds. The summed E-state index contributed by atoms with van der Waals surface area (Å²) in [6, 6.07) is 0. The SMILES string of the molecule is NCC1CC(=O)N(CCC(F)(F)F)C1. The molecule has 0 spiro atoms. The molecule has 14 heavy (non-hydrogen) atoms. The maximum absolute atomic E-state index is 11.9. The van der Waals surface area contributed by atoms with Crippen LogP contribution in [0.5, 0.6) is 0 Å². The minimum atomic E-state index is -4.19. The van der Waals surface area contributed by atoms with Crippen LogP contribution in [0, 0.1) is 5.92 Å². The molecule has 1 heterocycles. The summed E-state index contributed by atoms with van der Waals surface area (Å²) in [4.78, 5) is 12.4. The Labute approximate surface area is 80.0 Å². The Morgan fingerprint density at radius 2 is 2.14 bits per heavy atom. The Bertz CT molecular complexity index is 217. The van der Waals surface area contributed by atoms with Gasteiger partial charge >= 0.3 is 6.18 Å². The highest BCUT2D eigenvalue weighted by Crippen LogP contribution is 2.23. The molecule has 0 bridgehead atoms. The molecule has 0 radical (unpaired) electrons. The highest BCUT2D eigenvalue weighted by molar-refractivity contribution is 5.78. The Morgan fingerprint density at radius 3 is 2.57 bits per heavy atom. The van der Waals surface area contributed by atoms with Crippen molar-refractivity contribution in [2.75, 3.05) is 19.6 Å². The third kappa shape index (κ3) is 3.17. The van der Waals surface area contributed by atoms with Gasteiger partial charge in [-0.1, -0.05) is 0 Å². The molecule has 1 atom stereocenters. The van der Waals surface area contributed by atoms with E-state index in [-0.39, 0.29) is 24.8 Å². The first-order valence-electron chi connectivity index (χ1n) is 4.47. The second-order valence-corrected chi connectivity index (χ2v) is 3.51. The Balaban J connectivity index is 2.36. The number of carbonyl (C=O) groups excluding carboxylic acids is 1. The predicted octanol–water partition coefficient (Wildman–Crippen LogP) is 0.746. The third-order valence-electron chi connectivity index (χ3n) is 2.29. The Kier molecular flexibility index (Phi) is 3.36. The molecule has 3 nitrogen and oxygen atoms in total. The minimum Gasteiger partial charge on any atom is -0.342 e. The van der Waals surface area contributed by atoms with Gasteiger partial charge in [0.1, 0.15) is 0 Å². The van der Waals surface area contributed by atoms with Crippen molar-refractivity contribution in [2.24, 2.45) is 11.7 Å².